The van der Waals surface area contributed by atoms with E-state index in [1.165, 1.54) is 24.3 Å². The summed E-state index contributed by atoms with van der Waals surface area (Å²) in [5.74, 6) is -2.10. The van der Waals surface area contributed by atoms with E-state index in [-0.39, 0.29) is 33.2 Å². The number of sulfonamides is 1. The molecule has 5 aromatic carbocycles. The summed E-state index contributed by atoms with van der Waals surface area (Å²) in [6.45, 7) is 1.84. The third-order valence-corrected chi connectivity index (χ3v) is 8.05. The number of amides is 2. The van der Waals surface area contributed by atoms with Gasteiger partial charge in [0, 0.05) is 11.1 Å². The zero-order valence-corrected chi connectivity index (χ0v) is 24.2. The molecule has 0 aromatic heterocycles. The van der Waals surface area contributed by atoms with Gasteiger partial charge in [0.15, 0.2) is 5.78 Å². The van der Waals surface area contributed by atoms with Crippen LogP contribution in [-0.4, -0.2) is 26.0 Å². The average Bonchev–Trinajstić information content (AvgIpc) is 3.02. The SMILES string of the molecule is Cc1ccc(NC(=O)c2ccccc2NC(=O)c2ccccc2NS(=O)(=O)c2ccc(F)cc2)c(C(=O)c2ccccc2)c1. The van der Waals surface area contributed by atoms with Crippen LogP contribution in [0.4, 0.5) is 21.5 Å². The Kier molecular flexibility index (Phi) is 8.63. The molecule has 0 aliphatic carbocycles. The number of rotatable bonds is 9. The van der Waals surface area contributed by atoms with E-state index in [1.807, 2.05) is 6.92 Å². The number of carbonyl (C=O) groups is 3. The highest BCUT2D eigenvalue weighted by molar-refractivity contribution is 7.92. The Morgan fingerprint density at radius 3 is 1.75 bits per heavy atom. The minimum atomic E-state index is -4.14. The van der Waals surface area contributed by atoms with Gasteiger partial charge in [-0.2, -0.15) is 0 Å². The van der Waals surface area contributed by atoms with Gasteiger partial charge in [-0.1, -0.05) is 66.2 Å². The molecule has 220 valence electrons. The number of para-hydroxylation sites is 2. The van der Waals surface area contributed by atoms with Crippen molar-refractivity contribution in [1.82, 2.24) is 0 Å². The molecule has 5 aromatic rings. The van der Waals surface area contributed by atoms with Crippen molar-refractivity contribution >= 4 is 44.7 Å². The molecule has 3 N–H and O–H groups in total. The minimum absolute atomic E-state index is 0.0114. The third kappa shape index (κ3) is 6.71. The van der Waals surface area contributed by atoms with Crippen LogP contribution in [0.5, 0.6) is 0 Å². The van der Waals surface area contributed by atoms with Crippen LogP contribution in [-0.2, 0) is 10.0 Å². The maximum absolute atomic E-state index is 13.5. The van der Waals surface area contributed by atoms with Gasteiger partial charge in [0.2, 0.25) is 0 Å². The molecule has 8 nitrogen and oxygen atoms in total. The van der Waals surface area contributed by atoms with Crippen molar-refractivity contribution in [3.05, 3.63) is 155 Å². The molecule has 0 atom stereocenters. The smallest absolute Gasteiger partial charge is 0.261 e. The first-order chi connectivity index (χ1) is 21.1. The summed E-state index contributed by atoms with van der Waals surface area (Å²) in [6, 6.07) is 30.3. The number of anilines is 3. The normalized spacial score (nSPS) is 11.0. The summed E-state index contributed by atoms with van der Waals surface area (Å²) in [7, 11) is -4.14. The quantitative estimate of drug-likeness (QED) is 0.162. The zero-order chi connectivity index (χ0) is 31.3. The average molecular weight is 608 g/mol. The van der Waals surface area contributed by atoms with Gasteiger partial charge >= 0.3 is 0 Å². The lowest BCUT2D eigenvalue weighted by Crippen LogP contribution is -2.21. The molecule has 0 fully saturated rings. The zero-order valence-electron chi connectivity index (χ0n) is 23.4. The monoisotopic (exact) mass is 607 g/mol. The van der Waals surface area contributed by atoms with Crippen molar-refractivity contribution in [3.8, 4) is 0 Å². The van der Waals surface area contributed by atoms with Gasteiger partial charge in [-0.15, -0.1) is 0 Å². The Hall–Kier alpha value is -5.61. The van der Waals surface area contributed by atoms with Crippen molar-refractivity contribution in [2.45, 2.75) is 11.8 Å². The molecule has 5 rings (SSSR count). The van der Waals surface area contributed by atoms with Gasteiger partial charge in [-0.25, -0.2) is 12.8 Å². The number of aryl methyl sites for hydroxylation is 1. The van der Waals surface area contributed by atoms with Crippen LogP contribution in [0.25, 0.3) is 0 Å². The predicted molar refractivity (Wildman–Crippen MR) is 167 cm³/mol. The lowest BCUT2D eigenvalue weighted by molar-refractivity contribution is 0.102. The standard InChI is InChI=1S/C34H26FN3O5S/c1-22-15-20-30(28(21-22)32(39)23-9-3-2-4-10-23)37-33(40)26-11-5-7-13-29(26)36-34(41)27-12-6-8-14-31(27)38-44(42,43)25-18-16-24(35)17-19-25/h2-21,38H,1H3,(H,36,41)(H,37,40). The van der Waals surface area contributed by atoms with Crippen LogP contribution in [0, 0.1) is 12.7 Å². The van der Waals surface area contributed by atoms with Crippen LogP contribution in [0.3, 0.4) is 0 Å². The van der Waals surface area contributed by atoms with Gasteiger partial charge in [-0.05, 0) is 67.6 Å². The van der Waals surface area contributed by atoms with E-state index in [0.717, 1.165) is 29.8 Å². The van der Waals surface area contributed by atoms with E-state index < -0.39 is 27.7 Å². The molecule has 44 heavy (non-hydrogen) atoms. The first kappa shape index (κ1) is 29.9. The van der Waals surface area contributed by atoms with Gasteiger partial charge in [0.25, 0.3) is 21.8 Å². The highest BCUT2D eigenvalue weighted by Crippen LogP contribution is 2.26. The first-order valence-corrected chi connectivity index (χ1v) is 14.9. The summed E-state index contributed by atoms with van der Waals surface area (Å²) in [5.41, 5.74) is 2.17. The summed E-state index contributed by atoms with van der Waals surface area (Å²) >= 11 is 0. The third-order valence-electron chi connectivity index (χ3n) is 6.66. The molecule has 0 radical (unpaired) electrons. The second-order valence-electron chi connectivity index (χ2n) is 9.80. The van der Waals surface area contributed by atoms with E-state index in [4.69, 9.17) is 0 Å². The van der Waals surface area contributed by atoms with Gasteiger partial charge in [0.1, 0.15) is 5.82 Å². The Morgan fingerprint density at radius 1 is 0.591 bits per heavy atom. The molecule has 0 unspecified atom stereocenters. The van der Waals surface area contributed by atoms with Crippen LogP contribution in [0.1, 0.15) is 42.2 Å². The molecule has 0 saturated carbocycles. The Bertz CT molecular complexity index is 1980. The lowest BCUT2D eigenvalue weighted by Gasteiger charge is -2.16. The van der Waals surface area contributed by atoms with Crippen LogP contribution in [0.15, 0.2) is 126 Å². The highest BCUT2D eigenvalue weighted by atomic mass is 32.2. The molecule has 0 spiro atoms. The van der Waals surface area contributed by atoms with E-state index in [9.17, 15) is 27.2 Å². The number of ketones is 1. The van der Waals surface area contributed by atoms with E-state index in [1.54, 1.807) is 72.8 Å². The number of benzene rings is 5. The Morgan fingerprint density at radius 2 is 1.11 bits per heavy atom. The second kappa shape index (κ2) is 12.7. The lowest BCUT2D eigenvalue weighted by atomic mass is 9.99. The number of carbonyl (C=O) groups excluding carboxylic acids is 3. The molecule has 0 bridgehead atoms. The fraction of sp³-hybridized carbons (Fsp3) is 0.0294. The number of nitrogens with one attached hydrogen (secondary N) is 3. The largest absolute Gasteiger partial charge is 0.321 e. The van der Waals surface area contributed by atoms with Crippen molar-refractivity contribution in [3.63, 3.8) is 0 Å². The molecule has 0 heterocycles. The van der Waals surface area contributed by atoms with Crippen LogP contribution < -0.4 is 15.4 Å². The fourth-order valence-electron chi connectivity index (χ4n) is 4.46. The molecule has 2 amide bonds. The summed E-state index contributed by atoms with van der Waals surface area (Å²) < 4.78 is 41.5. The number of hydrogen-bond donors (Lipinski definition) is 3. The van der Waals surface area contributed by atoms with Crippen molar-refractivity contribution in [2.24, 2.45) is 0 Å². The van der Waals surface area contributed by atoms with Gasteiger partial charge in [0.05, 0.1) is 33.1 Å². The summed E-state index contributed by atoms with van der Waals surface area (Å²) in [6.07, 6.45) is 0. The summed E-state index contributed by atoms with van der Waals surface area (Å²) in [5, 5.41) is 5.48. The minimum Gasteiger partial charge on any atom is -0.321 e. The Labute approximate surface area is 253 Å². The van der Waals surface area contributed by atoms with Crippen molar-refractivity contribution in [1.29, 1.82) is 0 Å². The van der Waals surface area contributed by atoms with E-state index >= 15 is 0 Å². The molecular weight excluding hydrogens is 581 g/mol. The molecule has 0 aliphatic heterocycles. The fourth-order valence-corrected chi connectivity index (χ4v) is 5.54. The first-order valence-electron chi connectivity index (χ1n) is 13.4. The van der Waals surface area contributed by atoms with Crippen LogP contribution >= 0.6 is 0 Å². The Balaban J connectivity index is 1.39. The molecular formula is C34H26FN3O5S. The van der Waals surface area contributed by atoms with Crippen LogP contribution in [0.2, 0.25) is 0 Å². The number of hydrogen-bond acceptors (Lipinski definition) is 5. The predicted octanol–water partition coefficient (Wildman–Crippen LogP) is 6.67. The number of halogens is 1. The van der Waals surface area contributed by atoms with Crippen molar-refractivity contribution < 1.29 is 27.2 Å². The molecule has 0 saturated heterocycles. The maximum Gasteiger partial charge on any atom is 0.261 e. The second-order valence-corrected chi connectivity index (χ2v) is 11.5. The van der Waals surface area contributed by atoms with E-state index in [2.05, 4.69) is 15.4 Å². The topological polar surface area (TPSA) is 121 Å². The maximum atomic E-state index is 13.5. The summed E-state index contributed by atoms with van der Waals surface area (Å²) in [4.78, 5) is 40.0. The molecule has 0 aliphatic rings. The van der Waals surface area contributed by atoms with E-state index in [0.29, 0.717) is 16.8 Å². The highest BCUT2D eigenvalue weighted by Gasteiger charge is 2.22. The molecule has 10 heteroatoms. The van der Waals surface area contributed by atoms with Gasteiger partial charge in [-0.3, -0.25) is 19.1 Å². The van der Waals surface area contributed by atoms with Crippen molar-refractivity contribution in [2.75, 3.05) is 15.4 Å². The van der Waals surface area contributed by atoms with Gasteiger partial charge < -0.3 is 10.6 Å².